The molecule has 2 heterocycles. The van der Waals surface area contributed by atoms with Gasteiger partial charge in [0.25, 0.3) is 5.91 Å². The van der Waals surface area contributed by atoms with Crippen LogP contribution in [0.5, 0.6) is 0 Å². The first-order valence-electron chi connectivity index (χ1n) is 6.45. The van der Waals surface area contributed by atoms with Crippen LogP contribution in [0.3, 0.4) is 0 Å². The lowest BCUT2D eigenvalue weighted by Crippen LogP contribution is -2.41. The molecule has 3 rings (SSSR count). The number of hydrogen-bond donors (Lipinski definition) is 0. The van der Waals surface area contributed by atoms with E-state index in [4.69, 9.17) is 4.74 Å². The summed E-state index contributed by atoms with van der Waals surface area (Å²) >= 11 is 0. The van der Waals surface area contributed by atoms with Crippen molar-refractivity contribution in [2.45, 2.75) is 12.5 Å². The molecule has 0 spiro atoms. The van der Waals surface area contributed by atoms with Crippen molar-refractivity contribution in [1.82, 2.24) is 5.16 Å². The smallest absolute Gasteiger partial charge is 0.342 e. The Labute approximate surface area is 119 Å². The second kappa shape index (κ2) is 5.61. The normalized spacial score (nSPS) is 17.9. The summed E-state index contributed by atoms with van der Waals surface area (Å²) in [5.41, 5.74) is -0.0935. The quantitative estimate of drug-likeness (QED) is 0.872. The molecule has 21 heavy (non-hydrogen) atoms. The minimum absolute atomic E-state index is 0.251. The van der Waals surface area contributed by atoms with E-state index in [9.17, 15) is 13.6 Å². The van der Waals surface area contributed by atoms with Crippen LogP contribution in [0.15, 0.2) is 34.9 Å². The molecule has 0 bridgehead atoms. The van der Waals surface area contributed by atoms with Gasteiger partial charge in [-0.05, 0) is 18.6 Å². The van der Waals surface area contributed by atoms with Gasteiger partial charge in [-0.15, -0.1) is 0 Å². The topological polar surface area (TPSA) is 55.6 Å². The van der Waals surface area contributed by atoms with Gasteiger partial charge in [0.2, 0.25) is 11.5 Å². The number of rotatable bonds is 3. The lowest BCUT2D eigenvalue weighted by atomic mass is 10.1. The van der Waals surface area contributed by atoms with Crippen LogP contribution in [-0.2, 0) is 4.74 Å². The summed E-state index contributed by atoms with van der Waals surface area (Å²) in [5, 5.41) is 3.18. The van der Waals surface area contributed by atoms with Gasteiger partial charge in [-0.3, -0.25) is 4.79 Å². The first-order valence-corrected chi connectivity index (χ1v) is 6.45. The molecule has 1 atom stereocenters. The highest BCUT2D eigenvalue weighted by Crippen LogP contribution is 2.25. The number of amides is 1. The van der Waals surface area contributed by atoms with Gasteiger partial charge in [0.15, 0.2) is 0 Å². The van der Waals surface area contributed by atoms with Crippen LogP contribution in [-0.4, -0.2) is 30.3 Å². The lowest BCUT2D eigenvalue weighted by Gasteiger charge is -2.27. The number of ether oxygens (including phenoxy) is 1. The van der Waals surface area contributed by atoms with Crippen LogP contribution >= 0.6 is 0 Å². The first kappa shape index (κ1) is 13.7. The number of anilines is 1. The third-order valence-electron chi connectivity index (χ3n) is 3.32. The summed E-state index contributed by atoms with van der Waals surface area (Å²) in [5.74, 6) is -2.12. The maximum Gasteiger partial charge on any atom is 0.342 e. The largest absolute Gasteiger partial charge is 0.379 e. The Kier molecular flexibility index (Phi) is 3.66. The molecule has 7 heteroatoms. The van der Waals surface area contributed by atoms with Crippen molar-refractivity contribution in [3.05, 3.63) is 47.9 Å². The average Bonchev–Trinajstić information content (AvgIpc) is 3.12. The molecule has 1 unspecified atom stereocenters. The molecular formula is C14H12F2N2O3. The number of carbonyl (C=O) groups excluding carboxylic acids is 1. The summed E-state index contributed by atoms with van der Waals surface area (Å²) in [6.45, 7) is 0.847. The van der Waals surface area contributed by atoms with Crippen LogP contribution in [0.4, 0.5) is 14.5 Å². The van der Waals surface area contributed by atoms with E-state index in [-0.39, 0.29) is 6.04 Å². The standard InChI is InChI=1S/C14H12F2N2O3/c15-11-12(17-21-13(11)16)14(19)18(10-6-7-20-8-10)9-4-2-1-3-5-9/h1-5,10H,6-8H2. The van der Waals surface area contributed by atoms with Crippen LogP contribution in [0, 0.1) is 11.8 Å². The van der Waals surface area contributed by atoms with Gasteiger partial charge in [0.05, 0.1) is 12.6 Å². The zero-order valence-corrected chi connectivity index (χ0v) is 11.0. The van der Waals surface area contributed by atoms with E-state index in [1.54, 1.807) is 30.3 Å². The van der Waals surface area contributed by atoms with Crippen LogP contribution in [0.25, 0.3) is 0 Å². The Balaban J connectivity index is 1.99. The molecular weight excluding hydrogens is 282 g/mol. The molecule has 1 aliphatic heterocycles. The first-order chi connectivity index (χ1) is 10.2. The summed E-state index contributed by atoms with van der Waals surface area (Å²) in [7, 11) is 0. The third-order valence-corrected chi connectivity index (χ3v) is 3.32. The maximum absolute atomic E-state index is 13.6. The van der Waals surface area contributed by atoms with Gasteiger partial charge in [0.1, 0.15) is 0 Å². The fraction of sp³-hybridized carbons (Fsp3) is 0.286. The van der Waals surface area contributed by atoms with Gasteiger partial charge in [-0.1, -0.05) is 23.4 Å². The molecule has 5 nitrogen and oxygen atoms in total. The monoisotopic (exact) mass is 294 g/mol. The van der Waals surface area contributed by atoms with Gasteiger partial charge in [0, 0.05) is 12.3 Å². The minimum Gasteiger partial charge on any atom is -0.379 e. The second-order valence-electron chi connectivity index (χ2n) is 4.65. The van der Waals surface area contributed by atoms with E-state index in [1.165, 1.54) is 4.90 Å². The Morgan fingerprint density at radius 2 is 2.05 bits per heavy atom. The van der Waals surface area contributed by atoms with Gasteiger partial charge in [-0.2, -0.15) is 8.78 Å². The second-order valence-corrected chi connectivity index (χ2v) is 4.65. The Morgan fingerprint density at radius 3 is 2.62 bits per heavy atom. The molecule has 2 aromatic rings. The zero-order valence-electron chi connectivity index (χ0n) is 11.0. The molecule has 1 aromatic carbocycles. The molecule has 1 aliphatic rings. The number of hydrogen-bond acceptors (Lipinski definition) is 4. The predicted molar refractivity (Wildman–Crippen MR) is 68.9 cm³/mol. The zero-order chi connectivity index (χ0) is 14.8. The highest BCUT2D eigenvalue weighted by molar-refractivity contribution is 6.05. The predicted octanol–water partition coefficient (Wildman–Crippen LogP) is 2.39. The average molecular weight is 294 g/mol. The molecule has 110 valence electrons. The van der Waals surface area contributed by atoms with Gasteiger partial charge < -0.3 is 14.2 Å². The number of para-hydroxylation sites is 1. The number of nitrogens with zero attached hydrogens (tertiary/aromatic N) is 2. The fourth-order valence-electron chi connectivity index (χ4n) is 2.31. The van der Waals surface area contributed by atoms with Crippen molar-refractivity contribution in [2.24, 2.45) is 0 Å². The fourth-order valence-corrected chi connectivity index (χ4v) is 2.31. The molecule has 1 saturated heterocycles. The summed E-state index contributed by atoms with van der Waals surface area (Å²) in [6.07, 6.45) is 0.614. The Bertz CT molecular complexity index is 639. The molecule has 0 radical (unpaired) electrons. The lowest BCUT2D eigenvalue weighted by molar-refractivity contribution is 0.0959. The molecule has 0 N–H and O–H groups in total. The van der Waals surface area contributed by atoms with Crippen LogP contribution in [0.2, 0.25) is 0 Å². The van der Waals surface area contributed by atoms with Crippen molar-refractivity contribution in [3.8, 4) is 0 Å². The third kappa shape index (κ3) is 2.52. The van der Waals surface area contributed by atoms with Crippen LogP contribution in [0.1, 0.15) is 16.9 Å². The van der Waals surface area contributed by atoms with Crippen molar-refractivity contribution in [2.75, 3.05) is 18.1 Å². The van der Waals surface area contributed by atoms with Gasteiger partial charge >= 0.3 is 6.01 Å². The molecule has 1 fully saturated rings. The number of halogens is 2. The molecule has 0 saturated carbocycles. The Morgan fingerprint density at radius 1 is 1.29 bits per heavy atom. The van der Waals surface area contributed by atoms with E-state index >= 15 is 0 Å². The number of benzene rings is 1. The van der Waals surface area contributed by atoms with Crippen molar-refractivity contribution in [3.63, 3.8) is 0 Å². The van der Waals surface area contributed by atoms with Crippen LogP contribution < -0.4 is 4.90 Å². The highest BCUT2D eigenvalue weighted by Gasteiger charge is 2.34. The maximum atomic E-state index is 13.6. The van der Waals surface area contributed by atoms with E-state index in [2.05, 4.69) is 9.68 Å². The van der Waals surface area contributed by atoms with Gasteiger partial charge in [-0.25, -0.2) is 0 Å². The number of aromatic nitrogens is 1. The summed E-state index contributed by atoms with van der Waals surface area (Å²) in [4.78, 5) is 13.9. The van der Waals surface area contributed by atoms with Crippen molar-refractivity contribution >= 4 is 11.6 Å². The summed E-state index contributed by atoms with van der Waals surface area (Å²) < 4.78 is 35.9. The van der Waals surface area contributed by atoms with Crippen molar-refractivity contribution in [1.29, 1.82) is 0 Å². The minimum atomic E-state index is -1.49. The molecule has 1 amide bonds. The SMILES string of the molecule is O=C(c1noc(F)c1F)N(c1ccccc1)C1CCOC1. The summed E-state index contributed by atoms with van der Waals surface area (Å²) in [6, 6.07) is 6.99. The van der Waals surface area contributed by atoms with E-state index in [0.717, 1.165) is 0 Å². The van der Waals surface area contributed by atoms with Crippen molar-refractivity contribution < 1.29 is 22.8 Å². The molecule has 1 aromatic heterocycles. The highest BCUT2D eigenvalue weighted by atomic mass is 19.2. The van der Waals surface area contributed by atoms with E-state index < -0.39 is 23.4 Å². The Hall–Kier alpha value is -2.28. The number of carbonyl (C=O) groups is 1. The van der Waals surface area contributed by atoms with E-state index in [1.807, 2.05) is 0 Å². The van der Waals surface area contributed by atoms with E-state index in [0.29, 0.717) is 25.3 Å². The molecule has 0 aliphatic carbocycles.